The SMILES string of the molecule is CCC(CCCCCCCCCCCC(=O)OCC(C)C)C(=O)OCC(C)C. The predicted octanol–water partition coefficient (Wildman–Crippen LogP) is 6.70. The largest absolute Gasteiger partial charge is 0.465 e. The normalized spacial score (nSPS) is 12.4. The Kier molecular flexibility index (Phi) is 17.3. The molecule has 0 aliphatic carbocycles. The van der Waals surface area contributed by atoms with Crippen LogP contribution in [0.15, 0.2) is 0 Å². The first kappa shape index (κ1) is 26.9. The van der Waals surface area contributed by atoms with Gasteiger partial charge in [0.1, 0.15) is 0 Å². The Morgan fingerprint density at radius 1 is 0.679 bits per heavy atom. The molecule has 1 unspecified atom stereocenters. The lowest BCUT2D eigenvalue weighted by Crippen LogP contribution is -2.19. The molecule has 0 saturated carbocycles. The van der Waals surface area contributed by atoms with Crippen molar-refractivity contribution in [1.29, 1.82) is 0 Å². The third kappa shape index (κ3) is 17.1. The maximum atomic E-state index is 12.0. The number of carbonyl (C=O) groups is 2. The smallest absolute Gasteiger partial charge is 0.308 e. The molecule has 4 heteroatoms. The van der Waals surface area contributed by atoms with E-state index >= 15 is 0 Å². The minimum Gasteiger partial charge on any atom is -0.465 e. The van der Waals surface area contributed by atoms with E-state index in [2.05, 4.69) is 34.6 Å². The van der Waals surface area contributed by atoms with Crippen molar-refractivity contribution >= 4 is 11.9 Å². The molecule has 166 valence electrons. The molecule has 0 aliphatic heterocycles. The van der Waals surface area contributed by atoms with Gasteiger partial charge in [-0.25, -0.2) is 0 Å². The minimum absolute atomic E-state index is 0.00992. The van der Waals surface area contributed by atoms with E-state index in [0.29, 0.717) is 31.5 Å². The van der Waals surface area contributed by atoms with E-state index in [9.17, 15) is 9.59 Å². The van der Waals surface area contributed by atoms with Crippen LogP contribution in [-0.4, -0.2) is 25.2 Å². The van der Waals surface area contributed by atoms with Crippen molar-refractivity contribution in [2.24, 2.45) is 17.8 Å². The molecule has 0 spiro atoms. The number of hydrogen-bond acceptors (Lipinski definition) is 4. The van der Waals surface area contributed by atoms with Gasteiger partial charge in [0.25, 0.3) is 0 Å². The van der Waals surface area contributed by atoms with Crippen LogP contribution in [0.3, 0.4) is 0 Å². The molecule has 0 heterocycles. The van der Waals surface area contributed by atoms with Gasteiger partial charge in [-0.05, 0) is 31.1 Å². The van der Waals surface area contributed by atoms with Gasteiger partial charge in [0, 0.05) is 6.42 Å². The second kappa shape index (κ2) is 18.0. The highest BCUT2D eigenvalue weighted by atomic mass is 16.5. The van der Waals surface area contributed by atoms with E-state index in [-0.39, 0.29) is 17.9 Å². The summed E-state index contributed by atoms with van der Waals surface area (Å²) in [6, 6.07) is 0. The Labute approximate surface area is 174 Å². The summed E-state index contributed by atoms with van der Waals surface area (Å²) in [5.74, 6) is 0.832. The summed E-state index contributed by atoms with van der Waals surface area (Å²) in [4.78, 5) is 23.5. The number of carbonyl (C=O) groups excluding carboxylic acids is 2. The van der Waals surface area contributed by atoms with Crippen LogP contribution in [-0.2, 0) is 19.1 Å². The molecule has 4 nitrogen and oxygen atoms in total. The molecule has 0 bridgehead atoms. The van der Waals surface area contributed by atoms with Gasteiger partial charge in [-0.2, -0.15) is 0 Å². The molecule has 0 aromatic carbocycles. The van der Waals surface area contributed by atoms with Gasteiger partial charge in [-0.3, -0.25) is 9.59 Å². The lowest BCUT2D eigenvalue weighted by atomic mass is 9.97. The highest BCUT2D eigenvalue weighted by molar-refractivity contribution is 5.72. The predicted molar refractivity (Wildman–Crippen MR) is 116 cm³/mol. The van der Waals surface area contributed by atoms with Gasteiger partial charge >= 0.3 is 11.9 Å². The summed E-state index contributed by atoms with van der Waals surface area (Å²) >= 11 is 0. The van der Waals surface area contributed by atoms with E-state index in [0.717, 1.165) is 32.1 Å². The molecule has 0 aromatic rings. The highest BCUT2D eigenvalue weighted by Crippen LogP contribution is 2.17. The van der Waals surface area contributed by atoms with Crippen LogP contribution in [0.5, 0.6) is 0 Å². The zero-order chi connectivity index (χ0) is 21.2. The fourth-order valence-corrected chi connectivity index (χ4v) is 3.08. The molecule has 0 radical (unpaired) electrons. The second-order valence-electron chi connectivity index (χ2n) is 8.93. The van der Waals surface area contributed by atoms with Crippen LogP contribution in [0.1, 0.15) is 112 Å². The summed E-state index contributed by atoms with van der Waals surface area (Å²) < 4.78 is 10.6. The average Bonchev–Trinajstić information content (AvgIpc) is 2.65. The monoisotopic (exact) mass is 398 g/mol. The maximum absolute atomic E-state index is 12.0. The summed E-state index contributed by atoms with van der Waals surface area (Å²) in [7, 11) is 0. The lowest BCUT2D eigenvalue weighted by molar-refractivity contribution is -0.150. The van der Waals surface area contributed by atoms with Crippen molar-refractivity contribution in [2.75, 3.05) is 13.2 Å². The van der Waals surface area contributed by atoms with Crippen molar-refractivity contribution in [3.63, 3.8) is 0 Å². The van der Waals surface area contributed by atoms with E-state index in [1.807, 2.05) is 0 Å². The first-order valence-electron chi connectivity index (χ1n) is 11.7. The average molecular weight is 399 g/mol. The highest BCUT2D eigenvalue weighted by Gasteiger charge is 2.17. The molecular formula is C24H46O4. The third-order valence-electron chi connectivity index (χ3n) is 4.90. The van der Waals surface area contributed by atoms with Crippen molar-refractivity contribution in [2.45, 2.75) is 112 Å². The first-order valence-corrected chi connectivity index (χ1v) is 11.7. The van der Waals surface area contributed by atoms with Crippen molar-refractivity contribution < 1.29 is 19.1 Å². The van der Waals surface area contributed by atoms with Crippen molar-refractivity contribution in [3.05, 3.63) is 0 Å². The van der Waals surface area contributed by atoms with E-state index in [1.54, 1.807) is 0 Å². The summed E-state index contributed by atoms with van der Waals surface area (Å²) in [5, 5.41) is 0. The molecule has 0 rings (SSSR count). The summed E-state index contributed by atoms with van der Waals surface area (Å²) in [6.45, 7) is 11.4. The quantitative estimate of drug-likeness (QED) is 0.190. The molecule has 0 amide bonds. The number of rotatable bonds is 18. The maximum Gasteiger partial charge on any atom is 0.308 e. The molecule has 0 saturated heterocycles. The summed E-state index contributed by atoms with van der Waals surface area (Å²) in [6.07, 6.45) is 13.0. The lowest BCUT2D eigenvalue weighted by Gasteiger charge is -2.15. The fraction of sp³-hybridized carbons (Fsp3) is 0.917. The van der Waals surface area contributed by atoms with Crippen LogP contribution in [0, 0.1) is 17.8 Å². The molecular weight excluding hydrogens is 352 g/mol. The molecule has 0 aromatic heterocycles. The Morgan fingerprint density at radius 2 is 1.14 bits per heavy atom. The molecule has 28 heavy (non-hydrogen) atoms. The van der Waals surface area contributed by atoms with Gasteiger partial charge < -0.3 is 9.47 Å². The topological polar surface area (TPSA) is 52.6 Å². The van der Waals surface area contributed by atoms with Gasteiger partial charge in [-0.1, -0.05) is 86.0 Å². The molecule has 0 fully saturated rings. The second-order valence-corrected chi connectivity index (χ2v) is 8.93. The zero-order valence-corrected chi connectivity index (χ0v) is 19.3. The van der Waals surface area contributed by atoms with Gasteiger partial charge in [0.05, 0.1) is 19.1 Å². The van der Waals surface area contributed by atoms with Gasteiger partial charge in [0.2, 0.25) is 0 Å². The van der Waals surface area contributed by atoms with Crippen LogP contribution in [0.25, 0.3) is 0 Å². The van der Waals surface area contributed by atoms with Crippen LogP contribution >= 0.6 is 0 Å². The van der Waals surface area contributed by atoms with Crippen molar-refractivity contribution in [3.8, 4) is 0 Å². The van der Waals surface area contributed by atoms with E-state index in [1.165, 1.54) is 38.5 Å². The number of ether oxygens (including phenoxy) is 2. The summed E-state index contributed by atoms with van der Waals surface area (Å²) in [5.41, 5.74) is 0. The van der Waals surface area contributed by atoms with Crippen LogP contribution < -0.4 is 0 Å². The Hall–Kier alpha value is -1.06. The zero-order valence-electron chi connectivity index (χ0n) is 19.3. The molecule has 0 N–H and O–H groups in total. The van der Waals surface area contributed by atoms with Crippen molar-refractivity contribution in [1.82, 2.24) is 0 Å². The Bertz CT molecular complexity index is 390. The number of esters is 2. The van der Waals surface area contributed by atoms with Crippen LogP contribution in [0.2, 0.25) is 0 Å². The third-order valence-corrected chi connectivity index (χ3v) is 4.90. The Balaban J connectivity index is 3.47. The van der Waals surface area contributed by atoms with Gasteiger partial charge in [0.15, 0.2) is 0 Å². The molecule has 1 atom stereocenters. The number of unbranched alkanes of at least 4 members (excludes halogenated alkanes) is 8. The molecule has 0 aliphatic rings. The Morgan fingerprint density at radius 3 is 1.64 bits per heavy atom. The van der Waals surface area contributed by atoms with E-state index in [4.69, 9.17) is 9.47 Å². The number of hydrogen-bond donors (Lipinski definition) is 0. The first-order chi connectivity index (χ1) is 13.4. The van der Waals surface area contributed by atoms with Crippen LogP contribution in [0.4, 0.5) is 0 Å². The fourth-order valence-electron chi connectivity index (χ4n) is 3.08. The van der Waals surface area contributed by atoms with Gasteiger partial charge in [-0.15, -0.1) is 0 Å². The standard InChI is InChI=1S/C24H46O4/c1-6-22(24(26)28-19-21(4)5)16-14-12-10-8-7-9-11-13-15-17-23(25)27-18-20(2)3/h20-22H,6-19H2,1-5H3. The minimum atomic E-state index is -0.0489. The van der Waals surface area contributed by atoms with E-state index < -0.39 is 0 Å².